The number of piperidine rings is 1. The fourth-order valence-electron chi connectivity index (χ4n) is 3.18. The molecule has 1 saturated carbocycles. The van der Waals surface area contributed by atoms with E-state index in [1.54, 1.807) is 0 Å². The van der Waals surface area contributed by atoms with Crippen LogP contribution in [0.4, 0.5) is 0 Å². The average Bonchev–Trinajstić information content (AvgIpc) is 2.40. The lowest BCUT2D eigenvalue weighted by atomic mass is 9.86. The second-order valence-electron chi connectivity index (χ2n) is 5.69. The van der Waals surface area contributed by atoms with Crippen molar-refractivity contribution in [2.75, 3.05) is 20.1 Å². The number of hydrogen-bond acceptors (Lipinski definition) is 2. The highest BCUT2D eigenvalue weighted by Crippen LogP contribution is 2.27. The highest BCUT2D eigenvalue weighted by atomic mass is 16.2. The van der Waals surface area contributed by atoms with Crippen molar-refractivity contribution in [3.8, 4) is 0 Å². The van der Waals surface area contributed by atoms with Gasteiger partial charge in [0.25, 0.3) is 0 Å². The van der Waals surface area contributed by atoms with Gasteiger partial charge in [-0.1, -0.05) is 19.3 Å². The van der Waals surface area contributed by atoms with Crippen molar-refractivity contribution in [2.45, 2.75) is 57.4 Å². The van der Waals surface area contributed by atoms with Crippen molar-refractivity contribution in [3.05, 3.63) is 0 Å². The molecule has 98 valence electrons. The zero-order valence-corrected chi connectivity index (χ0v) is 11.1. The number of carbonyl (C=O) groups excluding carboxylic acids is 1. The van der Waals surface area contributed by atoms with Gasteiger partial charge >= 0.3 is 0 Å². The second-order valence-corrected chi connectivity index (χ2v) is 5.69. The van der Waals surface area contributed by atoms with E-state index in [1.807, 2.05) is 11.9 Å². The van der Waals surface area contributed by atoms with Crippen molar-refractivity contribution in [3.63, 3.8) is 0 Å². The first kappa shape index (κ1) is 12.9. The summed E-state index contributed by atoms with van der Waals surface area (Å²) in [7, 11) is 2.00. The Labute approximate surface area is 105 Å². The highest BCUT2D eigenvalue weighted by Gasteiger charge is 2.24. The Morgan fingerprint density at radius 2 is 1.76 bits per heavy atom. The maximum absolute atomic E-state index is 12.2. The van der Waals surface area contributed by atoms with Gasteiger partial charge in [0.15, 0.2) is 0 Å². The summed E-state index contributed by atoms with van der Waals surface area (Å²) in [6.07, 6.45) is 9.59. The molecule has 1 saturated heterocycles. The third-order valence-electron chi connectivity index (χ3n) is 4.44. The Hall–Kier alpha value is -0.570. The van der Waals surface area contributed by atoms with Crippen LogP contribution < -0.4 is 5.32 Å². The lowest BCUT2D eigenvalue weighted by Crippen LogP contribution is -2.44. The van der Waals surface area contributed by atoms with Crippen molar-refractivity contribution >= 4 is 5.91 Å². The van der Waals surface area contributed by atoms with E-state index < -0.39 is 0 Å². The summed E-state index contributed by atoms with van der Waals surface area (Å²) in [6, 6.07) is 0.479. The zero-order valence-electron chi connectivity index (χ0n) is 11.1. The molecule has 0 radical (unpaired) electrons. The van der Waals surface area contributed by atoms with Crippen LogP contribution in [0.2, 0.25) is 0 Å². The molecule has 0 bridgehead atoms. The second kappa shape index (κ2) is 6.39. The van der Waals surface area contributed by atoms with E-state index >= 15 is 0 Å². The lowest BCUT2D eigenvalue weighted by Gasteiger charge is -2.33. The highest BCUT2D eigenvalue weighted by molar-refractivity contribution is 5.76. The molecular formula is C14H26N2O. The van der Waals surface area contributed by atoms with Crippen LogP contribution in [0, 0.1) is 5.92 Å². The first-order valence-electron chi connectivity index (χ1n) is 7.24. The molecule has 1 amide bonds. The van der Waals surface area contributed by atoms with Gasteiger partial charge in [-0.2, -0.15) is 0 Å². The molecule has 2 rings (SSSR count). The molecule has 2 aliphatic rings. The molecule has 1 heterocycles. The summed E-state index contributed by atoms with van der Waals surface area (Å²) in [5.41, 5.74) is 0. The van der Waals surface area contributed by atoms with Gasteiger partial charge in [0.05, 0.1) is 0 Å². The molecule has 0 aromatic rings. The topological polar surface area (TPSA) is 32.3 Å². The molecule has 3 heteroatoms. The van der Waals surface area contributed by atoms with Gasteiger partial charge in [-0.3, -0.25) is 4.79 Å². The van der Waals surface area contributed by atoms with Crippen LogP contribution in [0.15, 0.2) is 0 Å². The quantitative estimate of drug-likeness (QED) is 0.817. The molecule has 3 nitrogen and oxygen atoms in total. The van der Waals surface area contributed by atoms with Gasteiger partial charge in [-0.05, 0) is 44.7 Å². The van der Waals surface area contributed by atoms with Crippen LogP contribution in [0.3, 0.4) is 0 Å². The first-order chi connectivity index (χ1) is 8.27. The normalized spacial score (nSPS) is 23.6. The predicted molar refractivity (Wildman–Crippen MR) is 69.9 cm³/mol. The summed E-state index contributed by atoms with van der Waals surface area (Å²) >= 11 is 0. The van der Waals surface area contributed by atoms with E-state index in [0.717, 1.165) is 32.4 Å². The largest absolute Gasteiger partial charge is 0.343 e. The Morgan fingerprint density at radius 3 is 2.41 bits per heavy atom. The molecule has 1 aliphatic carbocycles. The Balaban J connectivity index is 1.77. The smallest absolute Gasteiger partial charge is 0.222 e. The SMILES string of the molecule is CN(C(=O)CC1CCCCC1)C1CCNCC1. The minimum Gasteiger partial charge on any atom is -0.343 e. The standard InChI is InChI=1S/C14H26N2O/c1-16(13-7-9-15-10-8-13)14(17)11-12-5-3-2-4-6-12/h12-13,15H,2-11H2,1H3. The summed E-state index contributed by atoms with van der Waals surface area (Å²) in [4.78, 5) is 14.2. The maximum Gasteiger partial charge on any atom is 0.222 e. The number of hydrogen-bond donors (Lipinski definition) is 1. The third-order valence-corrected chi connectivity index (χ3v) is 4.44. The van der Waals surface area contributed by atoms with Crippen LogP contribution >= 0.6 is 0 Å². The van der Waals surface area contributed by atoms with Gasteiger partial charge in [-0.25, -0.2) is 0 Å². The molecule has 0 atom stereocenters. The monoisotopic (exact) mass is 238 g/mol. The fourth-order valence-corrected chi connectivity index (χ4v) is 3.18. The van der Waals surface area contributed by atoms with Crippen molar-refractivity contribution in [2.24, 2.45) is 5.92 Å². The van der Waals surface area contributed by atoms with Crippen LogP contribution in [0.1, 0.15) is 51.4 Å². The molecular weight excluding hydrogens is 212 g/mol. The van der Waals surface area contributed by atoms with Gasteiger partial charge in [0.2, 0.25) is 5.91 Å². The minimum atomic E-state index is 0.379. The van der Waals surface area contributed by atoms with Crippen molar-refractivity contribution < 1.29 is 4.79 Å². The molecule has 1 aliphatic heterocycles. The molecule has 2 fully saturated rings. The van der Waals surface area contributed by atoms with Gasteiger partial charge in [0, 0.05) is 19.5 Å². The van der Waals surface area contributed by atoms with Gasteiger partial charge < -0.3 is 10.2 Å². The van der Waals surface area contributed by atoms with Crippen LogP contribution in [-0.4, -0.2) is 37.0 Å². The molecule has 0 unspecified atom stereocenters. The van der Waals surface area contributed by atoms with Gasteiger partial charge in [-0.15, -0.1) is 0 Å². The number of nitrogens with one attached hydrogen (secondary N) is 1. The predicted octanol–water partition coefficient (Wildman–Crippen LogP) is 2.17. The Bertz CT molecular complexity index is 243. The first-order valence-corrected chi connectivity index (χ1v) is 7.24. The number of amides is 1. The number of nitrogens with zero attached hydrogens (tertiary/aromatic N) is 1. The van der Waals surface area contributed by atoms with Crippen LogP contribution in [-0.2, 0) is 4.79 Å². The number of carbonyl (C=O) groups is 1. The molecule has 1 N–H and O–H groups in total. The van der Waals surface area contributed by atoms with E-state index in [0.29, 0.717) is 17.9 Å². The summed E-state index contributed by atoms with van der Waals surface area (Å²) < 4.78 is 0. The minimum absolute atomic E-state index is 0.379. The maximum atomic E-state index is 12.2. The van der Waals surface area contributed by atoms with E-state index in [-0.39, 0.29) is 0 Å². The zero-order chi connectivity index (χ0) is 12.1. The Morgan fingerprint density at radius 1 is 1.12 bits per heavy atom. The van der Waals surface area contributed by atoms with Gasteiger partial charge in [0.1, 0.15) is 0 Å². The van der Waals surface area contributed by atoms with E-state index in [1.165, 1.54) is 32.1 Å². The molecule has 0 spiro atoms. The average molecular weight is 238 g/mol. The molecule has 0 aromatic carbocycles. The van der Waals surface area contributed by atoms with E-state index in [9.17, 15) is 4.79 Å². The summed E-state index contributed by atoms with van der Waals surface area (Å²) in [6.45, 7) is 2.12. The fraction of sp³-hybridized carbons (Fsp3) is 0.929. The van der Waals surface area contributed by atoms with Crippen molar-refractivity contribution in [1.29, 1.82) is 0 Å². The van der Waals surface area contributed by atoms with E-state index in [4.69, 9.17) is 0 Å². The van der Waals surface area contributed by atoms with Crippen LogP contribution in [0.5, 0.6) is 0 Å². The molecule has 17 heavy (non-hydrogen) atoms. The van der Waals surface area contributed by atoms with Crippen molar-refractivity contribution in [1.82, 2.24) is 10.2 Å². The molecule has 0 aromatic heterocycles. The number of rotatable bonds is 3. The van der Waals surface area contributed by atoms with E-state index in [2.05, 4.69) is 5.32 Å². The Kier molecular flexibility index (Phi) is 4.84. The van der Waals surface area contributed by atoms with Crippen LogP contribution in [0.25, 0.3) is 0 Å². The summed E-state index contributed by atoms with van der Waals surface area (Å²) in [5, 5.41) is 3.35. The summed E-state index contributed by atoms with van der Waals surface area (Å²) in [5.74, 6) is 1.05. The lowest BCUT2D eigenvalue weighted by molar-refractivity contribution is -0.133. The third kappa shape index (κ3) is 3.70.